The fourth-order valence-electron chi connectivity index (χ4n) is 3.48. The molecule has 4 rings (SSSR count). The van der Waals surface area contributed by atoms with Gasteiger partial charge in [0.15, 0.2) is 11.5 Å². The first-order chi connectivity index (χ1) is 12.1. The van der Waals surface area contributed by atoms with E-state index >= 15 is 0 Å². The van der Waals surface area contributed by atoms with Crippen LogP contribution in [0, 0.1) is 5.92 Å². The Balaban J connectivity index is 1.53. The van der Waals surface area contributed by atoms with Gasteiger partial charge >= 0.3 is 0 Å². The lowest BCUT2D eigenvalue weighted by Crippen LogP contribution is -2.38. The van der Waals surface area contributed by atoms with Crippen LogP contribution >= 0.6 is 0 Å². The third-order valence-corrected chi connectivity index (χ3v) is 4.78. The van der Waals surface area contributed by atoms with Crippen molar-refractivity contribution in [2.75, 3.05) is 18.1 Å². The van der Waals surface area contributed by atoms with Crippen molar-refractivity contribution >= 4 is 11.6 Å². The zero-order valence-electron chi connectivity index (χ0n) is 14.5. The Morgan fingerprint density at radius 3 is 2.72 bits per heavy atom. The smallest absolute Gasteiger partial charge is 0.231 e. The second-order valence-corrected chi connectivity index (χ2v) is 6.86. The molecule has 0 spiro atoms. The van der Waals surface area contributed by atoms with Crippen LogP contribution < -0.4 is 14.4 Å². The Hall–Kier alpha value is -2.56. The SMILES string of the molecule is CC(C)N(C(=O)[C@H]1C[C@@H]1c1ccc2c(c1)OCCO2)c1cccnc1. The molecule has 1 aliphatic carbocycles. The summed E-state index contributed by atoms with van der Waals surface area (Å²) in [6.07, 6.45) is 4.35. The number of nitrogens with zero attached hydrogens (tertiary/aromatic N) is 2. The van der Waals surface area contributed by atoms with Crippen LogP contribution in [0.3, 0.4) is 0 Å². The van der Waals surface area contributed by atoms with Gasteiger partial charge in [0.25, 0.3) is 0 Å². The molecule has 25 heavy (non-hydrogen) atoms. The number of amides is 1. The topological polar surface area (TPSA) is 51.7 Å². The molecule has 5 nitrogen and oxygen atoms in total. The van der Waals surface area contributed by atoms with Gasteiger partial charge in [0.2, 0.25) is 5.91 Å². The Labute approximate surface area is 147 Å². The van der Waals surface area contributed by atoms with E-state index in [0.717, 1.165) is 29.2 Å². The van der Waals surface area contributed by atoms with E-state index in [1.807, 2.05) is 43.0 Å². The minimum atomic E-state index is 0.0187. The van der Waals surface area contributed by atoms with Crippen LogP contribution in [-0.4, -0.2) is 30.1 Å². The maximum absolute atomic E-state index is 13.1. The number of hydrogen-bond acceptors (Lipinski definition) is 4. The number of aromatic nitrogens is 1. The molecule has 1 fully saturated rings. The van der Waals surface area contributed by atoms with E-state index in [-0.39, 0.29) is 23.8 Å². The van der Waals surface area contributed by atoms with Crippen molar-refractivity contribution < 1.29 is 14.3 Å². The highest BCUT2D eigenvalue weighted by Crippen LogP contribution is 2.50. The van der Waals surface area contributed by atoms with Crippen molar-refractivity contribution in [2.45, 2.75) is 32.2 Å². The lowest BCUT2D eigenvalue weighted by Gasteiger charge is -2.27. The largest absolute Gasteiger partial charge is 0.486 e. The molecule has 1 aliphatic heterocycles. The zero-order valence-corrected chi connectivity index (χ0v) is 14.5. The number of benzene rings is 1. The van der Waals surface area contributed by atoms with Crippen LogP contribution in [0.25, 0.3) is 0 Å². The zero-order chi connectivity index (χ0) is 17.4. The van der Waals surface area contributed by atoms with E-state index in [0.29, 0.717) is 13.2 Å². The molecule has 2 aliphatic rings. The molecule has 0 radical (unpaired) electrons. The van der Waals surface area contributed by atoms with Gasteiger partial charge in [-0.1, -0.05) is 6.07 Å². The minimum Gasteiger partial charge on any atom is -0.486 e. The van der Waals surface area contributed by atoms with Crippen molar-refractivity contribution in [1.29, 1.82) is 0 Å². The highest BCUT2D eigenvalue weighted by Gasteiger charge is 2.46. The summed E-state index contributed by atoms with van der Waals surface area (Å²) < 4.78 is 11.2. The van der Waals surface area contributed by atoms with Gasteiger partial charge in [-0.15, -0.1) is 0 Å². The van der Waals surface area contributed by atoms with Gasteiger partial charge in [-0.25, -0.2) is 0 Å². The monoisotopic (exact) mass is 338 g/mol. The highest BCUT2D eigenvalue weighted by molar-refractivity contribution is 5.97. The van der Waals surface area contributed by atoms with E-state index < -0.39 is 0 Å². The molecule has 1 amide bonds. The summed E-state index contributed by atoms with van der Waals surface area (Å²) >= 11 is 0. The number of pyridine rings is 1. The molecule has 1 aromatic carbocycles. The molecule has 1 aromatic heterocycles. The number of hydrogen-bond donors (Lipinski definition) is 0. The molecule has 0 N–H and O–H groups in total. The van der Waals surface area contributed by atoms with E-state index in [1.165, 1.54) is 0 Å². The van der Waals surface area contributed by atoms with Crippen LogP contribution in [0.2, 0.25) is 0 Å². The van der Waals surface area contributed by atoms with Gasteiger partial charge in [-0.05, 0) is 56.0 Å². The lowest BCUT2D eigenvalue weighted by atomic mass is 10.1. The third kappa shape index (κ3) is 3.06. The second-order valence-electron chi connectivity index (χ2n) is 6.86. The van der Waals surface area contributed by atoms with Gasteiger partial charge < -0.3 is 14.4 Å². The highest BCUT2D eigenvalue weighted by atomic mass is 16.6. The van der Waals surface area contributed by atoms with Crippen molar-refractivity contribution in [3.63, 3.8) is 0 Å². The molecule has 1 saturated carbocycles. The first-order valence-corrected chi connectivity index (χ1v) is 8.78. The van der Waals surface area contributed by atoms with Crippen molar-refractivity contribution in [3.05, 3.63) is 48.3 Å². The molecule has 2 heterocycles. The molecule has 2 aromatic rings. The normalized spacial score (nSPS) is 21.1. The number of carbonyl (C=O) groups excluding carboxylic acids is 1. The summed E-state index contributed by atoms with van der Waals surface area (Å²) in [5, 5.41) is 0. The molecule has 2 atom stereocenters. The lowest BCUT2D eigenvalue weighted by molar-refractivity contribution is -0.120. The summed E-state index contributed by atoms with van der Waals surface area (Å²) in [4.78, 5) is 19.1. The van der Waals surface area contributed by atoms with Crippen molar-refractivity contribution in [2.24, 2.45) is 5.92 Å². The van der Waals surface area contributed by atoms with Crippen LogP contribution in [-0.2, 0) is 4.79 Å². The number of carbonyl (C=O) groups is 1. The molecule has 0 saturated heterocycles. The first kappa shape index (κ1) is 15.9. The van der Waals surface area contributed by atoms with Crippen LogP contribution in [0.1, 0.15) is 31.7 Å². The van der Waals surface area contributed by atoms with E-state index in [1.54, 1.807) is 12.4 Å². The standard InChI is InChI=1S/C20H22N2O3/c1-13(2)22(15-4-3-7-21-12-15)20(23)17-11-16(17)14-5-6-18-19(10-14)25-9-8-24-18/h3-7,10,12-13,16-17H,8-9,11H2,1-2H3/t16-,17+/m1/s1. The second kappa shape index (κ2) is 6.39. The van der Waals surface area contributed by atoms with Gasteiger partial charge in [-0.3, -0.25) is 9.78 Å². The molecular weight excluding hydrogens is 316 g/mol. The fourth-order valence-corrected chi connectivity index (χ4v) is 3.48. The predicted molar refractivity (Wildman–Crippen MR) is 95.1 cm³/mol. The van der Waals surface area contributed by atoms with Crippen molar-refractivity contribution in [3.8, 4) is 11.5 Å². The first-order valence-electron chi connectivity index (χ1n) is 8.78. The van der Waals surface area contributed by atoms with Gasteiger partial charge in [-0.2, -0.15) is 0 Å². The van der Waals surface area contributed by atoms with Crippen LogP contribution in [0.5, 0.6) is 11.5 Å². The molecular formula is C20H22N2O3. The van der Waals surface area contributed by atoms with E-state index in [2.05, 4.69) is 11.1 Å². The average molecular weight is 338 g/mol. The fraction of sp³-hybridized carbons (Fsp3) is 0.400. The molecule has 5 heteroatoms. The average Bonchev–Trinajstić information content (AvgIpc) is 3.43. The number of fused-ring (bicyclic) bond motifs is 1. The van der Waals surface area contributed by atoms with Crippen LogP contribution in [0.15, 0.2) is 42.7 Å². The Kier molecular flexibility index (Phi) is 4.07. The number of rotatable bonds is 4. The quantitative estimate of drug-likeness (QED) is 0.857. The maximum Gasteiger partial charge on any atom is 0.231 e. The Morgan fingerprint density at radius 1 is 1.20 bits per heavy atom. The predicted octanol–water partition coefficient (Wildman–Crippen LogP) is 3.40. The molecule has 0 unspecified atom stereocenters. The number of ether oxygens (including phenoxy) is 2. The Morgan fingerprint density at radius 2 is 2.00 bits per heavy atom. The van der Waals surface area contributed by atoms with E-state index in [4.69, 9.17) is 9.47 Å². The van der Waals surface area contributed by atoms with E-state index in [9.17, 15) is 4.79 Å². The van der Waals surface area contributed by atoms with Crippen molar-refractivity contribution in [1.82, 2.24) is 4.98 Å². The summed E-state index contributed by atoms with van der Waals surface area (Å²) in [7, 11) is 0. The Bertz CT molecular complexity index is 776. The van der Waals surface area contributed by atoms with Crippen LogP contribution in [0.4, 0.5) is 5.69 Å². The summed E-state index contributed by atoms with van der Waals surface area (Å²) in [5.74, 6) is 2.02. The number of anilines is 1. The van der Waals surface area contributed by atoms with Gasteiger partial charge in [0.1, 0.15) is 13.2 Å². The van der Waals surface area contributed by atoms with Gasteiger partial charge in [0, 0.05) is 18.2 Å². The summed E-state index contributed by atoms with van der Waals surface area (Å²) in [6, 6.07) is 9.92. The maximum atomic E-state index is 13.1. The molecule has 130 valence electrons. The minimum absolute atomic E-state index is 0.0187. The molecule has 0 bridgehead atoms. The summed E-state index contributed by atoms with van der Waals surface area (Å²) in [5.41, 5.74) is 2.01. The van der Waals surface area contributed by atoms with Gasteiger partial charge in [0.05, 0.1) is 11.9 Å². The third-order valence-electron chi connectivity index (χ3n) is 4.78. The summed E-state index contributed by atoms with van der Waals surface area (Å²) in [6.45, 7) is 5.23.